The van der Waals surface area contributed by atoms with Crippen LogP contribution in [0.1, 0.15) is 33.9 Å². The van der Waals surface area contributed by atoms with Crippen molar-refractivity contribution < 1.29 is 9.59 Å². The smallest absolute Gasteiger partial charge is 0.333 e. The van der Waals surface area contributed by atoms with Crippen molar-refractivity contribution in [2.45, 2.75) is 19.4 Å². The molecule has 2 amide bonds. The number of benzene rings is 3. The zero-order valence-electron chi connectivity index (χ0n) is 17.1. The number of carbonyl (C=O) groups excluding carboxylic acids is 2. The van der Waals surface area contributed by atoms with Crippen molar-refractivity contribution in [2.75, 3.05) is 10.6 Å². The molecule has 0 aromatic heterocycles. The second-order valence-corrected chi connectivity index (χ2v) is 8.49. The zero-order chi connectivity index (χ0) is 23.3. The van der Waals surface area contributed by atoms with Crippen molar-refractivity contribution in [1.82, 2.24) is 5.43 Å². The first-order valence-electron chi connectivity index (χ1n) is 9.64. The van der Waals surface area contributed by atoms with Crippen molar-refractivity contribution >= 4 is 58.0 Å². The maximum Gasteiger partial charge on any atom is 0.333 e. The Hall–Kier alpha value is -2.77. The van der Waals surface area contributed by atoms with Gasteiger partial charge in [0.05, 0.1) is 6.04 Å². The van der Waals surface area contributed by atoms with Gasteiger partial charge >= 0.3 is 6.03 Å². The largest absolute Gasteiger partial charge is 0.377 e. The van der Waals surface area contributed by atoms with E-state index < -0.39 is 6.03 Å². The monoisotopic (exact) mass is 490 g/mol. The summed E-state index contributed by atoms with van der Waals surface area (Å²) in [6.07, 6.45) is 0.469. The SMILES string of the molecule is Cc1ccc(C2CC(=O)c3cc(Cl)ccc3N2)cc1.NNC(=O)Nc1cc(Cl)cc(Cl)c1. The lowest BCUT2D eigenvalue weighted by molar-refractivity contribution is 0.0972. The topological polar surface area (TPSA) is 96.2 Å². The summed E-state index contributed by atoms with van der Waals surface area (Å²) in [6.45, 7) is 2.06. The van der Waals surface area contributed by atoms with Crippen LogP contribution in [0.5, 0.6) is 0 Å². The van der Waals surface area contributed by atoms with Crippen LogP contribution in [0.15, 0.2) is 60.7 Å². The summed E-state index contributed by atoms with van der Waals surface area (Å²) in [5.74, 6) is 5.01. The van der Waals surface area contributed by atoms with Gasteiger partial charge in [0.25, 0.3) is 0 Å². The Labute approximate surface area is 201 Å². The number of aryl methyl sites for hydroxylation is 1. The van der Waals surface area contributed by atoms with Crippen molar-refractivity contribution in [1.29, 1.82) is 0 Å². The van der Waals surface area contributed by atoms with E-state index in [0.717, 1.165) is 11.3 Å². The molecule has 0 spiro atoms. The highest BCUT2D eigenvalue weighted by atomic mass is 35.5. The molecule has 3 aromatic rings. The summed E-state index contributed by atoms with van der Waals surface area (Å²) < 4.78 is 0. The Bertz CT molecular complexity index is 1120. The summed E-state index contributed by atoms with van der Waals surface area (Å²) in [7, 11) is 0. The van der Waals surface area contributed by atoms with Crippen LogP contribution in [0.25, 0.3) is 0 Å². The number of carbonyl (C=O) groups is 2. The number of rotatable bonds is 2. The Kier molecular flexibility index (Phi) is 7.99. The van der Waals surface area contributed by atoms with Gasteiger partial charge in [-0.2, -0.15) is 0 Å². The van der Waals surface area contributed by atoms with E-state index in [2.05, 4.69) is 41.8 Å². The van der Waals surface area contributed by atoms with E-state index >= 15 is 0 Å². The molecule has 9 heteroatoms. The molecule has 0 saturated carbocycles. The van der Waals surface area contributed by atoms with Gasteiger partial charge in [-0.05, 0) is 48.9 Å². The molecule has 1 heterocycles. The van der Waals surface area contributed by atoms with E-state index in [1.54, 1.807) is 30.3 Å². The molecule has 5 N–H and O–H groups in total. The van der Waals surface area contributed by atoms with Gasteiger partial charge in [0.1, 0.15) is 0 Å². The summed E-state index contributed by atoms with van der Waals surface area (Å²) in [5, 5.41) is 7.33. The molecule has 0 aliphatic carbocycles. The predicted octanol–water partition coefficient (Wildman–Crippen LogP) is 6.38. The highest BCUT2D eigenvalue weighted by molar-refractivity contribution is 6.35. The van der Waals surface area contributed by atoms with E-state index in [9.17, 15) is 9.59 Å². The molecule has 0 saturated heterocycles. The number of amides is 2. The maximum absolute atomic E-state index is 12.2. The fraction of sp³-hybridized carbons (Fsp3) is 0.130. The van der Waals surface area contributed by atoms with Gasteiger partial charge in [-0.1, -0.05) is 64.6 Å². The first-order valence-corrected chi connectivity index (χ1v) is 10.8. The molecule has 32 heavy (non-hydrogen) atoms. The Morgan fingerprint density at radius 3 is 2.25 bits per heavy atom. The number of nitrogens with one attached hydrogen (secondary N) is 3. The number of ketones is 1. The minimum absolute atomic E-state index is 0.0433. The van der Waals surface area contributed by atoms with Crippen LogP contribution in [0.3, 0.4) is 0 Å². The third-order valence-electron chi connectivity index (χ3n) is 4.73. The normalized spacial score (nSPS) is 14.4. The third kappa shape index (κ3) is 6.37. The number of halogens is 3. The van der Waals surface area contributed by atoms with Gasteiger partial charge in [0, 0.05) is 38.4 Å². The number of hydrogen-bond donors (Lipinski definition) is 4. The lowest BCUT2D eigenvalue weighted by Crippen LogP contribution is -2.34. The zero-order valence-corrected chi connectivity index (χ0v) is 19.4. The first-order chi connectivity index (χ1) is 15.2. The summed E-state index contributed by atoms with van der Waals surface area (Å²) >= 11 is 17.3. The van der Waals surface area contributed by atoms with Crippen LogP contribution in [0.2, 0.25) is 15.1 Å². The molecular weight excluding hydrogens is 471 g/mol. The minimum Gasteiger partial charge on any atom is -0.377 e. The van der Waals surface area contributed by atoms with Gasteiger partial charge in [0.2, 0.25) is 0 Å². The van der Waals surface area contributed by atoms with E-state index in [1.807, 2.05) is 11.5 Å². The first kappa shape index (κ1) is 23.9. The lowest BCUT2D eigenvalue weighted by atomic mass is 9.92. The number of hydrazine groups is 1. The number of urea groups is 1. The molecule has 0 bridgehead atoms. The molecule has 0 radical (unpaired) electrons. The third-order valence-corrected chi connectivity index (χ3v) is 5.40. The second-order valence-electron chi connectivity index (χ2n) is 7.18. The maximum atomic E-state index is 12.2. The summed E-state index contributed by atoms with van der Waals surface area (Å²) in [5.41, 5.74) is 6.32. The number of nitrogens with two attached hydrogens (primary N) is 1. The second kappa shape index (κ2) is 10.7. The number of fused-ring (bicyclic) bond motifs is 1. The highest BCUT2D eigenvalue weighted by Gasteiger charge is 2.25. The predicted molar refractivity (Wildman–Crippen MR) is 131 cm³/mol. The Morgan fingerprint density at radius 2 is 1.62 bits per heavy atom. The van der Waals surface area contributed by atoms with Crippen molar-refractivity contribution in [3.63, 3.8) is 0 Å². The van der Waals surface area contributed by atoms with Crippen LogP contribution < -0.4 is 21.9 Å². The molecule has 6 nitrogen and oxygen atoms in total. The van der Waals surface area contributed by atoms with E-state index in [4.69, 9.17) is 40.6 Å². The molecular formula is C23H21Cl3N4O2. The summed E-state index contributed by atoms with van der Waals surface area (Å²) in [6, 6.07) is 17.9. The van der Waals surface area contributed by atoms with Crippen LogP contribution in [-0.4, -0.2) is 11.8 Å². The average molecular weight is 492 g/mol. The lowest BCUT2D eigenvalue weighted by Gasteiger charge is -2.26. The number of hydrogen-bond acceptors (Lipinski definition) is 4. The molecule has 4 rings (SSSR count). The van der Waals surface area contributed by atoms with Crippen molar-refractivity contribution in [3.8, 4) is 0 Å². The van der Waals surface area contributed by atoms with E-state index in [0.29, 0.717) is 32.7 Å². The van der Waals surface area contributed by atoms with Crippen LogP contribution >= 0.6 is 34.8 Å². The van der Waals surface area contributed by atoms with Crippen molar-refractivity contribution in [3.05, 3.63) is 92.4 Å². The van der Waals surface area contributed by atoms with Gasteiger partial charge in [-0.15, -0.1) is 0 Å². The molecule has 1 atom stereocenters. The van der Waals surface area contributed by atoms with Gasteiger partial charge < -0.3 is 10.6 Å². The molecule has 1 aliphatic heterocycles. The quantitative estimate of drug-likeness (QED) is 0.190. The van der Waals surface area contributed by atoms with Gasteiger partial charge in [-0.25, -0.2) is 10.6 Å². The molecule has 0 fully saturated rings. The molecule has 166 valence electrons. The molecule has 3 aromatic carbocycles. The van der Waals surface area contributed by atoms with Crippen LogP contribution in [-0.2, 0) is 0 Å². The van der Waals surface area contributed by atoms with Crippen LogP contribution in [0.4, 0.5) is 16.2 Å². The Balaban J connectivity index is 0.000000195. The summed E-state index contributed by atoms with van der Waals surface area (Å²) in [4.78, 5) is 23.0. The fourth-order valence-corrected chi connectivity index (χ4v) is 3.90. The van der Waals surface area contributed by atoms with Crippen LogP contribution in [0, 0.1) is 6.92 Å². The average Bonchev–Trinajstić information content (AvgIpc) is 2.74. The molecule has 1 aliphatic rings. The van der Waals surface area contributed by atoms with Gasteiger partial charge in [-0.3, -0.25) is 10.2 Å². The van der Waals surface area contributed by atoms with Crippen molar-refractivity contribution in [2.24, 2.45) is 5.84 Å². The highest BCUT2D eigenvalue weighted by Crippen LogP contribution is 2.34. The minimum atomic E-state index is -0.529. The molecule has 1 unspecified atom stereocenters. The number of Topliss-reactive ketones (excluding diaryl/α,β-unsaturated/α-hetero) is 1. The van der Waals surface area contributed by atoms with Gasteiger partial charge in [0.15, 0.2) is 5.78 Å². The number of anilines is 2. The van der Waals surface area contributed by atoms with E-state index in [1.165, 1.54) is 5.56 Å². The standard InChI is InChI=1S/C16H14ClNO.C7H7Cl2N3O/c1-10-2-4-11(5-3-10)15-9-16(19)13-8-12(17)6-7-14(13)18-15;8-4-1-5(9)3-6(2-4)11-7(13)12-10/h2-8,15,18H,9H2,1H3;1-3H,10H2,(H2,11,12,13). The Morgan fingerprint density at radius 1 is 0.969 bits per heavy atom. The fourth-order valence-electron chi connectivity index (χ4n) is 3.20. The van der Waals surface area contributed by atoms with E-state index in [-0.39, 0.29) is 11.8 Å².